The number of carbonyl (C=O) groups is 1. The van der Waals surface area contributed by atoms with E-state index in [4.69, 9.17) is 4.74 Å². The number of benzene rings is 1. The molecular weight excluding hydrogens is 268 g/mol. The Morgan fingerprint density at radius 3 is 2.76 bits per heavy atom. The van der Waals surface area contributed by atoms with Gasteiger partial charge in [0.25, 0.3) is 0 Å². The summed E-state index contributed by atoms with van der Waals surface area (Å²) in [6, 6.07) is 7.72. The smallest absolute Gasteiger partial charge is 0.324 e. The van der Waals surface area contributed by atoms with Crippen molar-refractivity contribution in [2.24, 2.45) is 0 Å². The third-order valence-electron chi connectivity index (χ3n) is 4.03. The van der Waals surface area contributed by atoms with E-state index in [9.17, 15) is 9.90 Å². The number of piperazine rings is 1. The van der Waals surface area contributed by atoms with Crippen molar-refractivity contribution >= 4 is 5.97 Å². The SMILES string of the molecule is CCOc1cccc(CC(C)(C(=O)O)N2CCNCC2)c1. The summed E-state index contributed by atoms with van der Waals surface area (Å²) in [6.07, 6.45) is 0.475. The first-order valence-electron chi connectivity index (χ1n) is 7.47. The molecule has 1 aliphatic heterocycles. The largest absolute Gasteiger partial charge is 0.494 e. The van der Waals surface area contributed by atoms with Crippen LogP contribution in [0.4, 0.5) is 0 Å². The molecule has 2 rings (SSSR count). The van der Waals surface area contributed by atoms with Gasteiger partial charge in [-0.3, -0.25) is 9.69 Å². The Morgan fingerprint density at radius 1 is 1.43 bits per heavy atom. The molecule has 0 radical (unpaired) electrons. The Morgan fingerprint density at radius 2 is 2.14 bits per heavy atom. The first-order valence-corrected chi connectivity index (χ1v) is 7.47. The fourth-order valence-corrected chi connectivity index (χ4v) is 2.79. The molecule has 0 amide bonds. The third-order valence-corrected chi connectivity index (χ3v) is 4.03. The van der Waals surface area contributed by atoms with Gasteiger partial charge in [-0.25, -0.2) is 0 Å². The Balaban J connectivity index is 2.18. The van der Waals surface area contributed by atoms with Crippen molar-refractivity contribution in [3.05, 3.63) is 29.8 Å². The maximum absolute atomic E-state index is 11.8. The summed E-state index contributed by atoms with van der Waals surface area (Å²) in [4.78, 5) is 13.9. The van der Waals surface area contributed by atoms with Crippen molar-refractivity contribution in [3.63, 3.8) is 0 Å². The van der Waals surface area contributed by atoms with Crippen molar-refractivity contribution in [1.29, 1.82) is 0 Å². The topological polar surface area (TPSA) is 61.8 Å². The number of hydrogen-bond acceptors (Lipinski definition) is 4. The molecule has 0 aliphatic carbocycles. The van der Waals surface area contributed by atoms with Crippen LogP contribution in [0.1, 0.15) is 19.4 Å². The summed E-state index contributed by atoms with van der Waals surface area (Å²) in [6.45, 7) is 7.55. The molecule has 1 heterocycles. The van der Waals surface area contributed by atoms with Crippen LogP contribution in [0.25, 0.3) is 0 Å². The van der Waals surface area contributed by atoms with E-state index in [2.05, 4.69) is 10.2 Å². The maximum atomic E-state index is 11.8. The lowest BCUT2D eigenvalue weighted by atomic mass is 9.90. The van der Waals surface area contributed by atoms with Gasteiger partial charge in [0, 0.05) is 32.6 Å². The second kappa shape index (κ2) is 6.91. The number of nitrogens with one attached hydrogen (secondary N) is 1. The van der Waals surface area contributed by atoms with E-state index < -0.39 is 11.5 Å². The van der Waals surface area contributed by atoms with Gasteiger partial charge >= 0.3 is 5.97 Å². The Hall–Kier alpha value is -1.59. The quantitative estimate of drug-likeness (QED) is 0.829. The second-order valence-corrected chi connectivity index (χ2v) is 5.57. The summed E-state index contributed by atoms with van der Waals surface area (Å²) < 4.78 is 5.50. The summed E-state index contributed by atoms with van der Waals surface area (Å²) >= 11 is 0. The predicted octanol–water partition coefficient (Wildman–Crippen LogP) is 1.38. The molecule has 0 bridgehead atoms. The molecule has 1 atom stereocenters. The van der Waals surface area contributed by atoms with Gasteiger partial charge in [-0.05, 0) is 31.5 Å². The minimum atomic E-state index is -0.882. The molecule has 1 aliphatic rings. The standard InChI is InChI=1S/C16H24N2O3/c1-3-21-14-6-4-5-13(11-14)12-16(2,15(19)20)18-9-7-17-8-10-18/h4-6,11,17H,3,7-10,12H2,1-2H3,(H,19,20). The zero-order valence-electron chi connectivity index (χ0n) is 12.8. The van der Waals surface area contributed by atoms with Gasteiger partial charge in [-0.2, -0.15) is 0 Å². The monoisotopic (exact) mass is 292 g/mol. The molecule has 1 saturated heterocycles. The fourth-order valence-electron chi connectivity index (χ4n) is 2.79. The van der Waals surface area contributed by atoms with Crippen molar-refractivity contribution in [2.45, 2.75) is 25.8 Å². The lowest BCUT2D eigenvalue weighted by molar-refractivity contribution is -0.151. The first kappa shape index (κ1) is 15.8. The van der Waals surface area contributed by atoms with E-state index in [-0.39, 0.29) is 0 Å². The molecular formula is C16H24N2O3. The van der Waals surface area contributed by atoms with Gasteiger partial charge in [-0.1, -0.05) is 12.1 Å². The normalized spacial score (nSPS) is 19.0. The number of hydrogen-bond donors (Lipinski definition) is 2. The number of rotatable bonds is 6. The van der Waals surface area contributed by atoms with Gasteiger partial charge in [0.15, 0.2) is 0 Å². The number of ether oxygens (including phenoxy) is 1. The molecule has 116 valence electrons. The zero-order valence-corrected chi connectivity index (χ0v) is 12.8. The molecule has 1 aromatic rings. The highest BCUT2D eigenvalue weighted by atomic mass is 16.5. The maximum Gasteiger partial charge on any atom is 0.324 e. The molecule has 2 N–H and O–H groups in total. The average Bonchev–Trinajstić information content (AvgIpc) is 2.48. The number of nitrogens with zero attached hydrogens (tertiary/aromatic N) is 1. The van der Waals surface area contributed by atoms with Crippen molar-refractivity contribution < 1.29 is 14.6 Å². The molecule has 1 fully saturated rings. The lowest BCUT2D eigenvalue weighted by Crippen LogP contribution is -2.59. The Kier molecular flexibility index (Phi) is 5.20. The number of carboxylic acids is 1. The minimum absolute atomic E-state index is 0.475. The highest BCUT2D eigenvalue weighted by Gasteiger charge is 2.40. The van der Waals surface area contributed by atoms with Crippen LogP contribution in [0, 0.1) is 0 Å². The van der Waals surface area contributed by atoms with Gasteiger partial charge < -0.3 is 15.2 Å². The fraction of sp³-hybridized carbons (Fsp3) is 0.562. The highest BCUT2D eigenvalue weighted by Crippen LogP contribution is 2.24. The van der Waals surface area contributed by atoms with Crippen LogP contribution in [0.3, 0.4) is 0 Å². The van der Waals surface area contributed by atoms with Crippen LogP contribution >= 0.6 is 0 Å². The van der Waals surface area contributed by atoms with Crippen molar-refractivity contribution in [1.82, 2.24) is 10.2 Å². The van der Waals surface area contributed by atoms with Gasteiger partial charge in [0.2, 0.25) is 0 Å². The Labute approximate surface area is 125 Å². The van der Waals surface area contributed by atoms with E-state index >= 15 is 0 Å². The van der Waals surface area contributed by atoms with Crippen LogP contribution < -0.4 is 10.1 Å². The lowest BCUT2D eigenvalue weighted by Gasteiger charge is -2.40. The van der Waals surface area contributed by atoms with Gasteiger partial charge in [0.1, 0.15) is 11.3 Å². The van der Waals surface area contributed by atoms with E-state index in [1.807, 2.05) is 38.1 Å². The van der Waals surface area contributed by atoms with Gasteiger partial charge in [-0.15, -0.1) is 0 Å². The second-order valence-electron chi connectivity index (χ2n) is 5.57. The predicted molar refractivity (Wildman–Crippen MR) is 81.8 cm³/mol. The zero-order chi connectivity index (χ0) is 15.3. The summed E-state index contributed by atoms with van der Waals surface area (Å²) in [5.74, 6) is 0.0225. The minimum Gasteiger partial charge on any atom is -0.494 e. The van der Waals surface area contributed by atoms with Crippen LogP contribution in [-0.4, -0.2) is 54.3 Å². The molecule has 1 aromatic carbocycles. The van der Waals surface area contributed by atoms with Crippen molar-refractivity contribution in [3.8, 4) is 5.75 Å². The Bertz CT molecular complexity index is 486. The van der Waals surface area contributed by atoms with Crippen LogP contribution in [0.15, 0.2) is 24.3 Å². The average molecular weight is 292 g/mol. The summed E-state index contributed by atoms with van der Waals surface area (Å²) in [5, 5.41) is 13.0. The van der Waals surface area contributed by atoms with E-state index in [0.29, 0.717) is 13.0 Å². The highest BCUT2D eigenvalue weighted by molar-refractivity contribution is 5.78. The van der Waals surface area contributed by atoms with Crippen molar-refractivity contribution in [2.75, 3.05) is 32.8 Å². The molecule has 5 nitrogen and oxygen atoms in total. The molecule has 5 heteroatoms. The summed E-state index contributed by atoms with van der Waals surface area (Å²) in [7, 11) is 0. The molecule has 0 aromatic heterocycles. The summed E-state index contributed by atoms with van der Waals surface area (Å²) in [5.41, 5.74) is 0.108. The molecule has 0 saturated carbocycles. The number of aliphatic carboxylic acids is 1. The van der Waals surface area contributed by atoms with Crippen LogP contribution in [0.5, 0.6) is 5.75 Å². The van der Waals surface area contributed by atoms with Crippen LogP contribution in [0.2, 0.25) is 0 Å². The van der Waals surface area contributed by atoms with E-state index in [1.54, 1.807) is 0 Å². The van der Waals surface area contributed by atoms with Crippen LogP contribution in [-0.2, 0) is 11.2 Å². The van der Waals surface area contributed by atoms with E-state index in [1.165, 1.54) is 0 Å². The molecule has 1 unspecified atom stereocenters. The molecule has 0 spiro atoms. The van der Waals surface area contributed by atoms with Gasteiger partial charge in [0.05, 0.1) is 6.61 Å². The molecule has 21 heavy (non-hydrogen) atoms. The third kappa shape index (κ3) is 3.74. The number of carboxylic acid groups (broad SMARTS) is 1. The first-order chi connectivity index (χ1) is 10.1. The van der Waals surface area contributed by atoms with E-state index in [0.717, 1.165) is 37.5 Å².